The smallest absolute Gasteiger partial charge is 0.296 e. The number of halogens is 1. The highest BCUT2D eigenvalue weighted by Gasteiger charge is 2.28. The number of anilines is 1. The van der Waals surface area contributed by atoms with Gasteiger partial charge < -0.3 is 5.32 Å². The maximum absolute atomic E-state index is 13.0. The Bertz CT molecular complexity index is 426. The van der Waals surface area contributed by atoms with Crippen LogP contribution in [0.5, 0.6) is 0 Å². The average molecular weight is 179 g/mol. The van der Waals surface area contributed by atoms with Crippen molar-refractivity contribution in [3.63, 3.8) is 0 Å². The molecule has 1 amide bonds. The van der Waals surface area contributed by atoms with Gasteiger partial charge in [-0.15, -0.1) is 0 Å². The third-order valence-electron chi connectivity index (χ3n) is 2.00. The molecule has 0 aliphatic carbocycles. The highest BCUT2D eigenvalue weighted by molar-refractivity contribution is 6.51. The number of aryl methyl sites for hydroxylation is 1. The van der Waals surface area contributed by atoms with Gasteiger partial charge in [-0.1, -0.05) is 0 Å². The number of carbonyl (C=O) groups excluding carboxylic acids is 2. The topological polar surface area (TPSA) is 46.2 Å². The van der Waals surface area contributed by atoms with Crippen LogP contribution in [0, 0.1) is 12.7 Å². The summed E-state index contributed by atoms with van der Waals surface area (Å²) in [5, 5.41) is 2.29. The zero-order chi connectivity index (χ0) is 9.59. The predicted molar refractivity (Wildman–Crippen MR) is 44.1 cm³/mol. The van der Waals surface area contributed by atoms with Crippen molar-refractivity contribution in [3.8, 4) is 0 Å². The Hall–Kier alpha value is -1.71. The second kappa shape index (κ2) is 2.39. The van der Waals surface area contributed by atoms with Crippen LogP contribution in [0.4, 0.5) is 10.1 Å². The van der Waals surface area contributed by atoms with Gasteiger partial charge in [0.25, 0.3) is 11.7 Å². The third-order valence-corrected chi connectivity index (χ3v) is 2.00. The fourth-order valence-electron chi connectivity index (χ4n) is 1.27. The third kappa shape index (κ3) is 1.02. The molecule has 66 valence electrons. The molecule has 0 fully saturated rings. The second-order valence-electron chi connectivity index (χ2n) is 2.93. The summed E-state index contributed by atoms with van der Waals surface area (Å²) in [6.45, 7) is 1.55. The van der Waals surface area contributed by atoms with E-state index in [1.165, 1.54) is 6.07 Å². The summed E-state index contributed by atoms with van der Waals surface area (Å²) in [5.74, 6) is -1.72. The van der Waals surface area contributed by atoms with Crippen molar-refractivity contribution in [2.75, 3.05) is 5.32 Å². The molecule has 4 heteroatoms. The van der Waals surface area contributed by atoms with Gasteiger partial charge in [-0.3, -0.25) is 9.59 Å². The highest BCUT2D eigenvalue weighted by atomic mass is 19.1. The van der Waals surface area contributed by atoms with E-state index in [-0.39, 0.29) is 11.3 Å². The number of rotatable bonds is 0. The summed E-state index contributed by atoms with van der Waals surface area (Å²) in [7, 11) is 0. The molecular formula is C9H6FNO2. The largest absolute Gasteiger partial charge is 0.318 e. The van der Waals surface area contributed by atoms with Crippen LogP contribution in [0.3, 0.4) is 0 Å². The molecule has 2 rings (SSSR count). The van der Waals surface area contributed by atoms with Crippen LogP contribution in [0.15, 0.2) is 12.1 Å². The van der Waals surface area contributed by atoms with Crippen molar-refractivity contribution < 1.29 is 14.0 Å². The maximum atomic E-state index is 13.0. The summed E-state index contributed by atoms with van der Waals surface area (Å²) in [6.07, 6.45) is 0. The molecular weight excluding hydrogens is 173 g/mol. The summed E-state index contributed by atoms with van der Waals surface area (Å²) < 4.78 is 13.0. The Balaban J connectivity index is 2.66. The zero-order valence-electron chi connectivity index (χ0n) is 6.85. The van der Waals surface area contributed by atoms with E-state index in [9.17, 15) is 14.0 Å². The zero-order valence-corrected chi connectivity index (χ0v) is 6.85. The van der Waals surface area contributed by atoms with Crippen LogP contribution in [-0.2, 0) is 4.79 Å². The average Bonchev–Trinajstić information content (AvgIpc) is 2.32. The van der Waals surface area contributed by atoms with E-state index in [4.69, 9.17) is 0 Å². The molecule has 0 atom stereocenters. The molecule has 1 N–H and O–H groups in total. The molecule has 0 unspecified atom stereocenters. The predicted octanol–water partition coefficient (Wildman–Crippen LogP) is 1.27. The van der Waals surface area contributed by atoms with E-state index in [1.54, 1.807) is 6.92 Å². The number of fused-ring (bicyclic) bond motifs is 1. The van der Waals surface area contributed by atoms with Crippen LogP contribution in [0.2, 0.25) is 0 Å². The van der Waals surface area contributed by atoms with Crippen molar-refractivity contribution >= 4 is 17.4 Å². The van der Waals surface area contributed by atoms with Gasteiger partial charge in [-0.2, -0.15) is 0 Å². The van der Waals surface area contributed by atoms with Crippen LogP contribution >= 0.6 is 0 Å². The fraction of sp³-hybridized carbons (Fsp3) is 0.111. The number of ketones is 1. The van der Waals surface area contributed by atoms with Crippen LogP contribution in [0.25, 0.3) is 0 Å². The molecule has 0 radical (unpaired) electrons. The quantitative estimate of drug-likeness (QED) is 0.609. The van der Waals surface area contributed by atoms with E-state index >= 15 is 0 Å². The lowest BCUT2D eigenvalue weighted by molar-refractivity contribution is -0.112. The lowest BCUT2D eigenvalue weighted by Gasteiger charge is -1.99. The molecule has 0 saturated heterocycles. The summed E-state index contributed by atoms with van der Waals surface area (Å²) in [4.78, 5) is 22.0. The Labute approximate surface area is 73.6 Å². The van der Waals surface area contributed by atoms with Crippen molar-refractivity contribution in [3.05, 3.63) is 29.1 Å². The van der Waals surface area contributed by atoms with Gasteiger partial charge in [0.15, 0.2) is 0 Å². The SMILES string of the molecule is Cc1cc2c(cc1F)NC(=O)C2=O. The highest BCUT2D eigenvalue weighted by Crippen LogP contribution is 2.25. The van der Waals surface area contributed by atoms with Crippen molar-refractivity contribution in [1.82, 2.24) is 0 Å². The molecule has 3 nitrogen and oxygen atoms in total. The number of hydrogen-bond acceptors (Lipinski definition) is 2. The number of benzene rings is 1. The number of Topliss-reactive ketones (excluding diaryl/α,β-unsaturated/α-hetero) is 1. The van der Waals surface area contributed by atoms with E-state index in [1.807, 2.05) is 0 Å². The standard InChI is InChI=1S/C9H6FNO2/c1-4-2-5-7(3-6(4)10)11-9(13)8(5)12/h2-3H,1H3,(H,11,12,13). The molecule has 1 aromatic rings. The lowest BCUT2D eigenvalue weighted by atomic mass is 10.1. The van der Waals surface area contributed by atoms with Gasteiger partial charge in [0.1, 0.15) is 5.82 Å². The van der Waals surface area contributed by atoms with E-state index < -0.39 is 17.5 Å². The molecule has 1 heterocycles. The number of nitrogens with one attached hydrogen (secondary N) is 1. The van der Waals surface area contributed by atoms with Crippen LogP contribution in [-0.4, -0.2) is 11.7 Å². The van der Waals surface area contributed by atoms with Gasteiger partial charge in [-0.25, -0.2) is 4.39 Å². The van der Waals surface area contributed by atoms with Crippen molar-refractivity contribution in [2.45, 2.75) is 6.92 Å². The molecule has 0 bridgehead atoms. The normalized spacial score (nSPS) is 14.3. The Kier molecular flexibility index (Phi) is 1.45. The minimum atomic E-state index is -0.694. The monoisotopic (exact) mass is 179 g/mol. The van der Waals surface area contributed by atoms with Crippen LogP contribution < -0.4 is 5.32 Å². The number of hydrogen-bond donors (Lipinski definition) is 1. The first-order chi connectivity index (χ1) is 6.09. The summed E-state index contributed by atoms with van der Waals surface area (Å²) in [5.41, 5.74) is 0.880. The van der Waals surface area contributed by atoms with E-state index in [0.29, 0.717) is 5.56 Å². The molecule has 0 saturated carbocycles. The van der Waals surface area contributed by atoms with E-state index in [0.717, 1.165) is 6.07 Å². The number of amides is 1. The first-order valence-corrected chi connectivity index (χ1v) is 3.75. The first-order valence-electron chi connectivity index (χ1n) is 3.75. The summed E-state index contributed by atoms with van der Waals surface area (Å²) in [6, 6.07) is 2.54. The lowest BCUT2D eigenvalue weighted by Crippen LogP contribution is -2.12. The summed E-state index contributed by atoms with van der Waals surface area (Å²) >= 11 is 0. The number of carbonyl (C=O) groups is 2. The Morgan fingerprint density at radius 2 is 2.00 bits per heavy atom. The van der Waals surface area contributed by atoms with Gasteiger partial charge in [0.2, 0.25) is 0 Å². The minimum absolute atomic E-state index is 0.254. The molecule has 1 aliphatic rings. The molecule has 0 spiro atoms. The second-order valence-corrected chi connectivity index (χ2v) is 2.93. The van der Waals surface area contributed by atoms with Crippen molar-refractivity contribution in [2.24, 2.45) is 0 Å². The maximum Gasteiger partial charge on any atom is 0.296 e. The van der Waals surface area contributed by atoms with Gasteiger partial charge in [-0.05, 0) is 24.6 Å². The van der Waals surface area contributed by atoms with Crippen LogP contribution in [0.1, 0.15) is 15.9 Å². The van der Waals surface area contributed by atoms with Gasteiger partial charge in [0.05, 0.1) is 11.3 Å². The van der Waals surface area contributed by atoms with E-state index in [2.05, 4.69) is 5.32 Å². The van der Waals surface area contributed by atoms with Gasteiger partial charge in [0, 0.05) is 0 Å². The van der Waals surface area contributed by atoms with Gasteiger partial charge >= 0.3 is 0 Å². The molecule has 0 aromatic heterocycles. The Morgan fingerprint density at radius 1 is 1.31 bits per heavy atom. The molecule has 1 aromatic carbocycles. The van der Waals surface area contributed by atoms with Crippen molar-refractivity contribution in [1.29, 1.82) is 0 Å². The molecule has 13 heavy (non-hydrogen) atoms. The fourth-order valence-corrected chi connectivity index (χ4v) is 1.27. The Morgan fingerprint density at radius 3 is 2.69 bits per heavy atom. The minimum Gasteiger partial charge on any atom is -0.318 e. The first kappa shape index (κ1) is 7.91. The molecule has 1 aliphatic heterocycles.